The Hall–Kier alpha value is -2.08. The van der Waals surface area contributed by atoms with Crippen molar-refractivity contribution < 1.29 is 19.1 Å². The number of ether oxygens (including phenoxy) is 2. The molecule has 0 spiro atoms. The lowest BCUT2D eigenvalue weighted by atomic mass is 10.1. The first kappa shape index (κ1) is 18.0. The van der Waals surface area contributed by atoms with Crippen LogP contribution in [0.25, 0.3) is 0 Å². The quantitative estimate of drug-likeness (QED) is 0.840. The normalized spacial score (nSPS) is 14.0. The number of hydrogen-bond donors (Lipinski definition) is 2. The van der Waals surface area contributed by atoms with Crippen LogP contribution in [0.5, 0.6) is 0 Å². The fourth-order valence-electron chi connectivity index (χ4n) is 1.75. The van der Waals surface area contributed by atoms with Crippen LogP contribution in [0.4, 0.5) is 4.79 Å². The number of amides is 2. The van der Waals surface area contributed by atoms with E-state index in [1.165, 1.54) is 0 Å². The van der Waals surface area contributed by atoms with Gasteiger partial charge in [0, 0.05) is 0 Å². The molecule has 0 aliphatic rings. The predicted molar refractivity (Wildman–Crippen MR) is 83.0 cm³/mol. The molecule has 0 aromatic heterocycles. The van der Waals surface area contributed by atoms with Gasteiger partial charge in [0.2, 0.25) is 5.91 Å². The van der Waals surface area contributed by atoms with Gasteiger partial charge >= 0.3 is 6.09 Å². The molecule has 1 rings (SSSR count). The molecule has 0 saturated carbocycles. The SMILES string of the molecule is C[C@H](OCc1ccccc1)[C@@H](NC(=O)OC(C)(C)C)C(N)=O. The van der Waals surface area contributed by atoms with Crippen molar-refractivity contribution in [2.45, 2.75) is 52.0 Å². The second-order valence-corrected chi connectivity index (χ2v) is 6.03. The van der Waals surface area contributed by atoms with E-state index in [0.717, 1.165) is 5.56 Å². The Kier molecular flexibility index (Phi) is 6.37. The second-order valence-electron chi connectivity index (χ2n) is 6.03. The standard InChI is InChI=1S/C16H24N2O4/c1-11(21-10-12-8-6-5-7-9-12)13(14(17)19)18-15(20)22-16(2,3)4/h5-9,11,13H,10H2,1-4H3,(H2,17,19)(H,18,20)/t11-,13+/m0/s1. The first-order valence-corrected chi connectivity index (χ1v) is 7.13. The van der Waals surface area contributed by atoms with Crippen LogP contribution >= 0.6 is 0 Å². The molecule has 2 atom stereocenters. The third-order valence-electron chi connectivity index (χ3n) is 2.80. The molecule has 1 aromatic carbocycles. The molecule has 1 aromatic rings. The van der Waals surface area contributed by atoms with E-state index < -0.39 is 29.7 Å². The van der Waals surface area contributed by atoms with Crippen molar-refractivity contribution >= 4 is 12.0 Å². The zero-order valence-electron chi connectivity index (χ0n) is 13.5. The molecular weight excluding hydrogens is 284 g/mol. The van der Waals surface area contributed by atoms with Crippen molar-refractivity contribution in [3.8, 4) is 0 Å². The van der Waals surface area contributed by atoms with Crippen LogP contribution < -0.4 is 11.1 Å². The highest BCUT2D eigenvalue weighted by Gasteiger charge is 2.28. The van der Waals surface area contributed by atoms with Gasteiger partial charge in [-0.15, -0.1) is 0 Å². The molecule has 0 heterocycles. The lowest BCUT2D eigenvalue weighted by Gasteiger charge is -2.25. The number of benzene rings is 1. The number of carbonyl (C=O) groups is 2. The molecule has 0 saturated heterocycles. The van der Waals surface area contributed by atoms with Crippen molar-refractivity contribution in [1.82, 2.24) is 5.32 Å². The van der Waals surface area contributed by atoms with Gasteiger partial charge < -0.3 is 20.5 Å². The van der Waals surface area contributed by atoms with Crippen LogP contribution in [0.3, 0.4) is 0 Å². The highest BCUT2D eigenvalue weighted by molar-refractivity contribution is 5.84. The van der Waals surface area contributed by atoms with Crippen LogP contribution in [0.2, 0.25) is 0 Å². The molecular formula is C16H24N2O4. The smallest absolute Gasteiger partial charge is 0.408 e. The third-order valence-corrected chi connectivity index (χ3v) is 2.80. The minimum atomic E-state index is -0.960. The van der Waals surface area contributed by atoms with Gasteiger partial charge in [0.25, 0.3) is 0 Å². The Morgan fingerprint density at radius 1 is 1.23 bits per heavy atom. The van der Waals surface area contributed by atoms with E-state index in [1.54, 1.807) is 27.7 Å². The molecule has 3 N–H and O–H groups in total. The summed E-state index contributed by atoms with van der Waals surface area (Å²) < 4.78 is 10.7. The summed E-state index contributed by atoms with van der Waals surface area (Å²) in [5, 5.41) is 2.45. The topological polar surface area (TPSA) is 90.7 Å². The summed E-state index contributed by atoms with van der Waals surface area (Å²) in [6.45, 7) is 7.21. The molecule has 0 fully saturated rings. The van der Waals surface area contributed by atoms with Crippen molar-refractivity contribution in [1.29, 1.82) is 0 Å². The fraction of sp³-hybridized carbons (Fsp3) is 0.500. The van der Waals surface area contributed by atoms with Crippen molar-refractivity contribution in [2.24, 2.45) is 5.73 Å². The van der Waals surface area contributed by atoms with E-state index in [4.69, 9.17) is 15.2 Å². The van der Waals surface area contributed by atoms with Crippen LogP contribution in [0.15, 0.2) is 30.3 Å². The molecule has 0 unspecified atom stereocenters. The highest BCUT2D eigenvalue weighted by atomic mass is 16.6. The van der Waals surface area contributed by atoms with Gasteiger partial charge in [0.15, 0.2) is 0 Å². The van der Waals surface area contributed by atoms with Crippen molar-refractivity contribution in [3.63, 3.8) is 0 Å². The van der Waals surface area contributed by atoms with E-state index in [-0.39, 0.29) is 0 Å². The van der Waals surface area contributed by atoms with E-state index >= 15 is 0 Å². The molecule has 0 bridgehead atoms. The van der Waals surface area contributed by atoms with Gasteiger partial charge in [-0.25, -0.2) is 4.79 Å². The number of carbonyl (C=O) groups excluding carboxylic acids is 2. The van der Waals surface area contributed by atoms with Crippen LogP contribution in [-0.4, -0.2) is 29.7 Å². The Morgan fingerprint density at radius 3 is 2.32 bits per heavy atom. The Morgan fingerprint density at radius 2 is 1.82 bits per heavy atom. The molecule has 0 radical (unpaired) electrons. The average Bonchev–Trinajstić information content (AvgIpc) is 2.41. The number of hydrogen-bond acceptors (Lipinski definition) is 4. The molecule has 0 aliphatic carbocycles. The summed E-state index contributed by atoms with van der Waals surface area (Å²) in [6, 6.07) is 8.56. The fourth-order valence-corrected chi connectivity index (χ4v) is 1.75. The largest absolute Gasteiger partial charge is 0.444 e. The molecule has 122 valence electrons. The number of nitrogens with two attached hydrogens (primary N) is 1. The van der Waals surface area contributed by atoms with E-state index in [9.17, 15) is 9.59 Å². The van der Waals surface area contributed by atoms with Gasteiger partial charge in [-0.05, 0) is 33.3 Å². The number of nitrogens with one attached hydrogen (secondary N) is 1. The minimum absolute atomic E-state index is 0.321. The first-order chi connectivity index (χ1) is 10.2. The maximum atomic E-state index is 11.8. The summed E-state index contributed by atoms with van der Waals surface area (Å²) in [7, 11) is 0. The molecule has 2 amide bonds. The summed E-state index contributed by atoms with van der Waals surface area (Å²) in [5.41, 5.74) is 5.64. The van der Waals surface area contributed by atoms with Gasteiger partial charge in [-0.2, -0.15) is 0 Å². The summed E-state index contributed by atoms with van der Waals surface area (Å²) in [4.78, 5) is 23.3. The third kappa shape index (κ3) is 6.58. The highest BCUT2D eigenvalue weighted by Crippen LogP contribution is 2.09. The molecule has 6 heteroatoms. The Labute approximate surface area is 131 Å². The monoisotopic (exact) mass is 308 g/mol. The summed E-state index contributed by atoms with van der Waals surface area (Å²) in [6.07, 6.45) is -1.28. The van der Waals surface area contributed by atoms with Crippen LogP contribution in [-0.2, 0) is 20.9 Å². The minimum Gasteiger partial charge on any atom is -0.444 e. The second kappa shape index (κ2) is 7.79. The van der Waals surface area contributed by atoms with Crippen LogP contribution in [0, 0.1) is 0 Å². The lowest BCUT2D eigenvalue weighted by Crippen LogP contribution is -2.52. The van der Waals surface area contributed by atoms with Gasteiger partial charge in [-0.3, -0.25) is 4.79 Å². The van der Waals surface area contributed by atoms with Gasteiger partial charge in [0.1, 0.15) is 11.6 Å². The molecule has 6 nitrogen and oxygen atoms in total. The van der Waals surface area contributed by atoms with Gasteiger partial charge in [-0.1, -0.05) is 30.3 Å². The molecule has 22 heavy (non-hydrogen) atoms. The Balaban J connectivity index is 2.58. The number of primary amides is 1. The Bertz CT molecular complexity index is 497. The summed E-state index contributed by atoms with van der Waals surface area (Å²) >= 11 is 0. The average molecular weight is 308 g/mol. The summed E-state index contributed by atoms with van der Waals surface area (Å²) in [5.74, 6) is -0.675. The maximum Gasteiger partial charge on any atom is 0.408 e. The van der Waals surface area contributed by atoms with Crippen LogP contribution in [0.1, 0.15) is 33.3 Å². The van der Waals surface area contributed by atoms with E-state index in [1.807, 2.05) is 30.3 Å². The van der Waals surface area contributed by atoms with Gasteiger partial charge in [0.05, 0.1) is 12.7 Å². The molecule has 0 aliphatic heterocycles. The van der Waals surface area contributed by atoms with E-state index in [0.29, 0.717) is 6.61 Å². The lowest BCUT2D eigenvalue weighted by molar-refractivity contribution is -0.124. The zero-order chi connectivity index (χ0) is 16.8. The predicted octanol–water partition coefficient (Wildman–Crippen LogP) is 1.97. The number of alkyl carbamates (subject to hydrolysis) is 1. The maximum absolute atomic E-state index is 11.8. The zero-order valence-corrected chi connectivity index (χ0v) is 13.5. The first-order valence-electron chi connectivity index (χ1n) is 7.13. The van der Waals surface area contributed by atoms with Crippen molar-refractivity contribution in [2.75, 3.05) is 0 Å². The van der Waals surface area contributed by atoms with E-state index in [2.05, 4.69) is 5.32 Å². The van der Waals surface area contributed by atoms with Crippen molar-refractivity contribution in [3.05, 3.63) is 35.9 Å². The number of rotatable bonds is 6.